The Morgan fingerprint density at radius 2 is 2.00 bits per heavy atom. The second-order valence-corrected chi connectivity index (χ2v) is 5.21. The van der Waals surface area contributed by atoms with Gasteiger partial charge in [0.1, 0.15) is 5.60 Å². The van der Waals surface area contributed by atoms with E-state index in [1.807, 2.05) is 18.2 Å². The van der Waals surface area contributed by atoms with Crippen molar-refractivity contribution in [1.82, 2.24) is 4.90 Å². The number of benzene rings is 1. The Kier molecular flexibility index (Phi) is 3.20. The molecule has 0 aliphatic carbocycles. The molecule has 0 saturated carbocycles. The van der Waals surface area contributed by atoms with E-state index >= 15 is 0 Å². The second-order valence-electron chi connectivity index (χ2n) is 5.21. The maximum absolute atomic E-state index is 11.9. The summed E-state index contributed by atoms with van der Waals surface area (Å²) in [5, 5.41) is 9.71. The third-order valence-corrected chi connectivity index (χ3v) is 3.27. The molecule has 1 aliphatic heterocycles. The van der Waals surface area contributed by atoms with Crippen LogP contribution in [-0.4, -0.2) is 34.6 Å². The van der Waals surface area contributed by atoms with Gasteiger partial charge in [-0.05, 0) is 25.8 Å². The maximum atomic E-state index is 11.9. The van der Waals surface area contributed by atoms with Crippen molar-refractivity contribution in [2.75, 3.05) is 13.1 Å². The maximum Gasteiger partial charge on any atom is 0.253 e. The Labute approximate surface area is 102 Å². The van der Waals surface area contributed by atoms with E-state index in [2.05, 4.69) is 12.1 Å². The third-order valence-electron chi connectivity index (χ3n) is 3.27. The zero-order valence-electron chi connectivity index (χ0n) is 10.4. The average molecular weight is 233 g/mol. The van der Waals surface area contributed by atoms with Crippen LogP contribution in [0.15, 0.2) is 30.3 Å². The number of nitrogens with zero attached hydrogens (tertiary/aromatic N) is 1. The SMILES string of the molecule is CC(C)(O)C(=O)N1CCC(c2ccccc2)C1. The number of likely N-dealkylation sites (tertiary alicyclic amines) is 1. The molecular formula is C14H19NO2. The molecule has 92 valence electrons. The van der Waals surface area contributed by atoms with Gasteiger partial charge < -0.3 is 10.0 Å². The molecule has 3 nitrogen and oxygen atoms in total. The molecule has 1 heterocycles. The normalized spacial score (nSPS) is 20.6. The van der Waals surface area contributed by atoms with Crippen molar-refractivity contribution < 1.29 is 9.90 Å². The lowest BCUT2D eigenvalue weighted by Gasteiger charge is -2.24. The molecule has 0 spiro atoms. The van der Waals surface area contributed by atoms with E-state index in [0.717, 1.165) is 13.0 Å². The van der Waals surface area contributed by atoms with Crippen molar-refractivity contribution in [2.45, 2.75) is 31.8 Å². The van der Waals surface area contributed by atoms with Gasteiger partial charge in [0.25, 0.3) is 5.91 Å². The lowest BCUT2D eigenvalue weighted by molar-refractivity contribution is -0.146. The van der Waals surface area contributed by atoms with Crippen LogP contribution in [0.25, 0.3) is 0 Å². The molecule has 1 aromatic carbocycles. The van der Waals surface area contributed by atoms with Crippen molar-refractivity contribution >= 4 is 5.91 Å². The standard InChI is InChI=1S/C14H19NO2/c1-14(2,17)13(16)15-9-8-12(10-15)11-6-4-3-5-7-11/h3-7,12,17H,8-10H2,1-2H3. The highest BCUT2D eigenvalue weighted by Crippen LogP contribution is 2.28. The molecule has 1 aromatic rings. The Balaban J connectivity index is 2.04. The quantitative estimate of drug-likeness (QED) is 0.845. The fraction of sp³-hybridized carbons (Fsp3) is 0.500. The number of amides is 1. The van der Waals surface area contributed by atoms with Gasteiger partial charge in [-0.25, -0.2) is 0 Å². The van der Waals surface area contributed by atoms with Gasteiger partial charge in [0.15, 0.2) is 0 Å². The minimum Gasteiger partial charge on any atom is -0.381 e. The summed E-state index contributed by atoms with van der Waals surface area (Å²) < 4.78 is 0. The molecule has 1 aliphatic rings. The zero-order chi connectivity index (χ0) is 12.5. The smallest absolute Gasteiger partial charge is 0.253 e. The molecule has 1 fully saturated rings. The number of rotatable bonds is 2. The van der Waals surface area contributed by atoms with E-state index in [-0.39, 0.29) is 5.91 Å². The highest BCUT2D eigenvalue weighted by molar-refractivity contribution is 5.84. The van der Waals surface area contributed by atoms with E-state index < -0.39 is 5.60 Å². The first-order valence-electron chi connectivity index (χ1n) is 6.05. The summed E-state index contributed by atoms with van der Waals surface area (Å²) in [5.74, 6) is 0.235. The van der Waals surface area contributed by atoms with E-state index in [1.54, 1.807) is 18.7 Å². The average Bonchev–Trinajstić information content (AvgIpc) is 2.77. The van der Waals surface area contributed by atoms with Gasteiger partial charge in [-0.3, -0.25) is 4.79 Å². The second kappa shape index (κ2) is 4.49. The Morgan fingerprint density at radius 1 is 1.35 bits per heavy atom. The Morgan fingerprint density at radius 3 is 2.59 bits per heavy atom. The van der Waals surface area contributed by atoms with Crippen LogP contribution in [0, 0.1) is 0 Å². The van der Waals surface area contributed by atoms with Crippen LogP contribution in [0.5, 0.6) is 0 Å². The van der Waals surface area contributed by atoms with Crippen molar-refractivity contribution in [1.29, 1.82) is 0 Å². The van der Waals surface area contributed by atoms with Crippen LogP contribution in [0.4, 0.5) is 0 Å². The van der Waals surface area contributed by atoms with Gasteiger partial charge in [0.2, 0.25) is 0 Å². The highest BCUT2D eigenvalue weighted by atomic mass is 16.3. The predicted octanol–water partition coefficient (Wildman–Crippen LogP) is 1.77. The van der Waals surface area contributed by atoms with Crippen LogP contribution in [0.1, 0.15) is 31.7 Å². The number of hydrogen-bond donors (Lipinski definition) is 1. The van der Waals surface area contributed by atoms with Gasteiger partial charge in [-0.15, -0.1) is 0 Å². The fourth-order valence-corrected chi connectivity index (χ4v) is 2.33. The summed E-state index contributed by atoms with van der Waals surface area (Å²) >= 11 is 0. The fourth-order valence-electron chi connectivity index (χ4n) is 2.33. The monoisotopic (exact) mass is 233 g/mol. The number of hydrogen-bond acceptors (Lipinski definition) is 2. The first-order chi connectivity index (χ1) is 7.98. The first-order valence-corrected chi connectivity index (χ1v) is 6.05. The molecule has 17 heavy (non-hydrogen) atoms. The van der Waals surface area contributed by atoms with E-state index in [4.69, 9.17) is 0 Å². The summed E-state index contributed by atoms with van der Waals surface area (Å²) in [6.07, 6.45) is 0.978. The Hall–Kier alpha value is -1.35. The summed E-state index contributed by atoms with van der Waals surface area (Å²) in [6.45, 7) is 4.55. The van der Waals surface area contributed by atoms with Crippen LogP contribution in [0.2, 0.25) is 0 Å². The molecule has 1 atom stereocenters. The number of carbonyl (C=O) groups is 1. The molecule has 3 heteroatoms. The van der Waals surface area contributed by atoms with Gasteiger partial charge >= 0.3 is 0 Å². The van der Waals surface area contributed by atoms with Gasteiger partial charge in [0.05, 0.1) is 0 Å². The molecule has 0 aromatic heterocycles. The number of aliphatic hydroxyl groups is 1. The van der Waals surface area contributed by atoms with Crippen molar-refractivity contribution in [2.24, 2.45) is 0 Å². The van der Waals surface area contributed by atoms with Crippen molar-refractivity contribution in [3.8, 4) is 0 Å². The van der Waals surface area contributed by atoms with Crippen LogP contribution >= 0.6 is 0 Å². The van der Waals surface area contributed by atoms with Crippen molar-refractivity contribution in [3.05, 3.63) is 35.9 Å². The molecule has 2 rings (SSSR count). The lowest BCUT2D eigenvalue weighted by Crippen LogP contribution is -2.43. The zero-order valence-corrected chi connectivity index (χ0v) is 10.4. The minimum absolute atomic E-state index is 0.170. The largest absolute Gasteiger partial charge is 0.381 e. The summed E-state index contributed by atoms with van der Waals surface area (Å²) in [6, 6.07) is 10.2. The molecule has 1 N–H and O–H groups in total. The molecular weight excluding hydrogens is 214 g/mol. The highest BCUT2D eigenvalue weighted by Gasteiger charge is 2.34. The van der Waals surface area contributed by atoms with E-state index in [1.165, 1.54) is 5.56 Å². The minimum atomic E-state index is -1.26. The summed E-state index contributed by atoms with van der Waals surface area (Å²) in [7, 11) is 0. The molecule has 0 radical (unpaired) electrons. The lowest BCUT2D eigenvalue weighted by atomic mass is 9.99. The van der Waals surface area contributed by atoms with Gasteiger partial charge in [-0.2, -0.15) is 0 Å². The predicted molar refractivity (Wildman–Crippen MR) is 66.7 cm³/mol. The topological polar surface area (TPSA) is 40.5 Å². The molecule has 0 bridgehead atoms. The molecule has 1 saturated heterocycles. The Bertz CT molecular complexity index is 394. The molecule has 1 unspecified atom stereocenters. The summed E-state index contributed by atoms with van der Waals surface area (Å²) in [4.78, 5) is 13.7. The van der Waals surface area contributed by atoms with Gasteiger partial charge in [-0.1, -0.05) is 30.3 Å². The number of carbonyl (C=O) groups excluding carboxylic acids is 1. The van der Waals surface area contributed by atoms with Crippen LogP contribution in [-0.2, 0) is 4.79 Å². The van der Waals surface area contributed by atoms with Gasteiger partial charge in [0, 0.05) is 19.0 Å². The first kappa shape index (κ1) is 12.1. The van der Waals surface area contributed by atoms with E-state index in [9.17, 15) is 9.90 Å². The molecule has 1 amide bonds. The van der Waals surface area contributed by atoms with Crippen LogP contribution in [0.3, 0.4) is 0 Å². The summed E-state index contributed by atoms with van der Waals surface area (Å²) in [5.41, 5.74) is 0.0181. The third kappa shape index (κ3) is 2.67. The van der Waals surface area contributed by atoms with E-state index in [0.29, 0.717) is 12.5 Å². The van der Waals surface area contributed by atoms with Crippen molar-refractivity contribution in [3.63, 3.8) is 0 Å². The van der Waals surface area contributed by atoms with Crippen LogP contribution < -0.4 is 0 Å².